The van der Waals surface area contributed by atoms with E-state index in [4.69, 9.17) is 0 Å². The van der Waals surface area contributed by atoms with Crippen molar-refractivity contribution in [2.24, 2.45) is 0 Å². The number of hydrogen-bond donors (Lipinski definition) is 3. The van der Waals surface area contributed by atoms with Crippen LogP contribution in [0, 0.1) is 0 Å². The van der Waals surface area contributed by atoms with Crippen molar-refractivity contribution in [3.63, 3.8) is 0 Å². The van der Waals surface area contributed by atoms with Crippen molar-refractivity contribution >= 4 is 23.1 Å². The van der Waals surface area contributed by atoms with Crippen LogP contribution in [-0.4, -0.2) is 37.6 Å². The summed E-state index contributed by atoms with van der Waals surface area (Å²) in [6.45, 7) is 0. The first kappa shape index (κ1) is 19.2. The number of phenolic OH excluding ortho intramolecular Hbond substituents is 1. The maximum absolute atomic E-state index is 13.2. The van der Waals surface area contributed by atoms with Crippen molar-refractivity contribution in [1.29, 1.82) is 0 Å². The topological polar surface area (TPSA) is 118 Å². The Balaban J connectivity index is 1.72. The molecule has 3 heterocycles. The molecule has 1 aromatic carbocycles. The summed E-state index contributed by atoms with van der Waals surface area (Å²) in [7, 11) is 1.44. The average Bonchev–Trinajstić information content (AvgIpc) is 3.34. The number of aromatic hydroxyl groups is 1. The monoisotopic (exact) mass is 418 g/mol. The number of rotatable bonds is 4. The molecule has 0 radical (unpaired) electrons. The Morgan fingerprint density at radius 2 is 2.07 bits per heavy atom. The summed E-state index contributed by atoms with van der Waals surface area (Å²) < 4.78 is 45.4. The van der Waals surface area contributed by atoms with E-state index in [1.54, 1.807) is 6.07 Å². The van der Waals surface area contributed by atoms with Gasteiger partial charge in [-0.05, 0) is 12.1 Å². The molecule has 3 aromatic heterocycles. The minimum atomic E-state index is -4.69. The van der Waals surface area contributed by atoms with E-state index in [0.717, 1.165) is 6.26 Å². The Morgan fingerprint density at radius 3 is 2.77 bits per heavy atom. The van der Waals surface area contributed by atoms with Crippen LogP contribution in [-0.2, 0) is 6.18 Å². The van der Waals surface area contributed by atoms with Gasteiger partial charge in [0.05, 0.1) is 23.0 Å². The zero-order chi connectivity index (χ0) is 21.5. The van der Waals surface area contributed by atoms with Crippen LogP contribution in [0.5, 0.6) is 5.75 Å². The van der Waals surface area contributed by atoms with E-state index in [-0.39, 0.29) is 34.0 Å². The lowest BCUT2D eigenvalue weighted by molar-refractivity contribution is -0.142. The summed E-state index contributed by atoms with van der Waals surface area (Å²) in [4.78, 5) is 20.0. The highest BCUT2D eigenvalue weighted by molar-refractivity contribution is 5.97. The SMILES string of the molecule is CNC(=O)c1ccc(Nc2nccn3c(-c4conc4C(F)(F)F)cnc23)cc1O. The number of amides is 1. The number of carbonyl (C=O) groups is 1. The number of halogens is 3. The van der Waals surface area contributed by atoms with Gasteiger partial charge in [0.25, 0.3) is 5.91 Å². The maximum atomic E-state index is 13.2. The molecule has 3 N–H and O–H groups in total. The highest BCUT2D eigenvalue weighted by Crippen LogP contribution is 2.36. The van der Waals surface area contributed by atoms with E-state index in [1.807, 2.05) is 0 Å². The number of alkyl halides is 3. The molecule has 0 aliphatic heterocycles. The molecular weight excluding hydrogens is 405 g/mol. The van der Waals surface area contributed by atoms with Crippen molar-refractivity contribution in [1.82, 2.24) is 24.8 Å². The second-order valence-electron chi connectivity index (χ2n) is 6.12. The fourth-order valence-corrected chi connectivity index (χ4v) is 2.90. The Hall–Kier alpha value is -4.09. The molecule has 12 heteroatoms. The first-order valence-corrected chi connectivity index (χ1v) is 8.45. The van der Waals surface area contributed by atoms with Gasteiger partial charge in [0.1, 0.15) is 12.0 Å². The second-order valence-corrected chi connectivity index (χ2v) is 6.12. The minimum absolute atomic E-state index is 0.0875. The van der Waals surface area contributed by atoms with E-state index < -0.39 is 17.8 Å². The number of fused-ring (bicyclic) bond motifs is 1. The minimum Gasteiger partial charge on any atom is -0.507 e. The summed E-state index contributed by atoms with van der Waals surface area (Å²) >= 11 is 0. The highest BCUT2D eigenvalue weighted by atomic mass is 19.4. The molecule has 0 bridgehead atoms. The quantitative estimate of drug-likeness (QED) is 0.466. The Labute approximate surface area is 166 Å². The fraction of sp³-hybridized carbons (Fsp3) is 0.111. The van der Waals surface area contributed by atoms with Crippen molar-refractivity contribution in [2.45, 2.75) is 6.18 Å². The van der Waals surface area contributed by atoms with Gasteiger partial charge in [0.2, 0.25) is 0 Å². The summed E-state index contributed by atoms with van der Waals surface area (Å²) in [5.41, 5.74) is -0.598. The molecule has 0 spiro atoms. The highest BCUT2D eigenvalue weighted by Gasteiger charge is 2.38. The molecule has 0 atom stereocenters. The van der Waals surface area contributed by atoms with Crippen LogP contribution in [0.3, 0.4) is 0 Å². The van der Waals surface area contributed by atoms with Crippen LogP contribution in [0.2, 0.25) is 0 Å². The van der Waals surface area contributed by atoms with E-state index in [9.17, 15) is 23.1 Å². The third-order valence-corrected chi connectivity index (χ3v) is 4.27. The molecule has 0 saturated heterocycles. The zero-order valence-electron chi connectivity index (χ0n) is 15.2. The standard InChI is InChI=1S/C18H13F3N6O3/c1-22-17(29)10-3-2-9(6-13(10)28)25-15-16-24-7-12(27(16)5-4-23-15)11-8-30-26-14(11)18(19,20)21/h2-8,28H,1H3,(H,22,29)(H,23,25). The summed E-state index contributed by atoms with van der Waals surface area (Å²) in [6, 6.07) is 4.28. The van der Waals surface area contributed by atoms with Crippen molar-refractivity contribution in [3.8, 4) is 17.0 Å². The maximum Gasteiger partial charge on any atom is 0.437 e. The Bertz CT molecular complexity index is 1250. The van der Waals surface area contributed by atoms with Gasteiger partial charge < -0.3 is 20.3 Å². The molecule has 0 aliphatic rings. The largest absolute Gasteiger partial charge is 0.507 e. The molecule has 9 nitrogen and oxygen atoms in total. The van der Waals surface area contributed by atoms with Gasteiger partial charge in [0.15, 0.2) is 17.2 Å². The van der Waals surface area contributed by atoms with Gasteiger partial charge in [-0.25, -0.2) is 9.97 Å². The number of phenols is 1. The predicted octanol–water partition coefficient (Wildman–Crippen LogP) is 3.21. The molecule has 154 valence electrons. The lowest BCUT2D eigenvalue weighted by Gasteiger charge is -2.10. The van der Waals surface area contributed by atoms with Crippen LogP contribution in [0.25, 0.3) is 16.9 Å². The molecule has 4 rings (SSSR count). The number of hydrogen-bond acceptors (Lipinski definition) is 7. The molecule has 0 fully saturated rings. The molecule has 4 aromatic rings. The molecule has 30 heavy (non-hydrogen) atoms. The number of imidazole rings is 1. The lowest BCUT2D eigenvalue weighted by Crippen LogP contribution is -2.17. The first-order valence-electron chi connectivity index (χ1n) is 8.45. The van der Waals surface area contributed by atoms with Gasteiger partial charge in [-0.3, -0.25) is 9.20 Å². The fourth-order valence-electron chi connectivity index (χ4n) is 2.90. The van der Waals surface area contributed by atoms with Gasteiger partial charge in [0, 0.05) is 31.2 Å². The number of carbonyl (C=O) groups excluding carboxylic acids is 1. The van der Waals surface area contributed by atoms with Crippen LogP contribution in [0.15, 0.2) is 47.6 Å². The van der Waals surface area contributed by atoms with Crippen molar-refractivity contribution < 1.29 is 27.6 Å². The number of aromatic nitrogens is 4. The molecule has 1 amide bonds. The van der Waals surface area contributed by atoms with E-state index in [0.29, 0.717) is 5.69 Å². The van der Waals surface area contributed by atoms with Crippen LogP contribution in [0.4, 0.5) is 24.7 Å². The summed E-state index contributed by atoms with van der Waals surface area (Å²) in [5.74, 6) is -0.484. The van der Waals surface area contributed by atoms with Crippen molar-refractivity contribution in [3.05, 3.63) is 54.3 Å². The number of nitrogens with one attached hydrogen (secondary N) is 2. The second kappa shape index (κ2) is 7.06. The van der Waals surface area contributed by atoms with Crippen molar-refractivity contribution in [2.75, 3.05) is 12.4 Å². The Morgan fingerprint density at radius 1 is 1.27 bits per heavy atom. The van der Waals surface area contributed by atoms with Crippen LogP contribution < -0.4 is 10.6 Å². The lowest BCUT2D eigenvalue weighted by atomic mass is 10.1. The van der Waals surface area contributed by atoms with Gasteiger partial charge in [-0.15, -0.1) is 0 Å². The number of benzene rings is 1. The number of anilines is 2. The molecule has 0 unspecified atom stereocenters. The van der Waals surface area contributed by atoms with E-state index >= 15 is 0 Å². The summed E-state index contributed by atoms with van der Waals surface area (Å²) in [6.07, 6.45) is 0.276. The van der Waals surface area contributed by atoms with Crippen LogP contribution in [0.1, 0.15) is 16.1 Å². The van der Waals surface area contributed by atoms with E-state index in [2.05, 4.69) is 30.3 Å². The molecule has 0 saturated carbocycles. The van der Waals surface area contributed by atoms with Gasteiger partial charge in [-0.2, -0.15) is 13.2 Å². The smallest absolute Gasteiger partial charge is 0.437 e. The zero-order valence-corrected chi connectivity index (χ0v) is 15.2. The summed E-state index contributed by atoms with van der Waals surface area (Å²) in [5, 5.41) is 18.4. The third kappa shape index (κ3) is 3.27. The van der Waals surface area contributed by atoms with E-state index in [1.165, 1.54) is 42.2 Å². The van der Waals surface area contributed by atoms with Gasteiger partial charge in [-0.1, -0.05) is 5.16 Å². The first-order chi connectivity index (χ1) is 14.3. The Kier molecular flexibility index (Phi) is 4.53. The van der Waals surface area contributed by atoms with Crippen LogP contribution >= 0.6 is 0 Å². The molecular formula is C18H13F3N6O3. The molecule has 0 aliphatic carbocycles. The predicted molar refractivity (Wildman–Crippen MR) is 98.3 cm³/mol. The van der Waals surface area contributed by atoms with Gasteiger partial charge >= 0.3 is 6.18 Å². The third-order valence-electron chi connectivity index (χ3n) is 4.27. The number of nitrogens with zero attached hydrogens (tertiary/aromatic N) is 4. The normalized spacial score (nSPS) is 11.6. The average molecular weight is 418 g/mol.